The molecule has 0 saturated heterocycles. The summed E-state index contributed by atoms with van der Waals surface area (Å²) in [5.41, 5.74) is 1.90. The number of carbonyl (C=O) groups excluding carboxylic acids is 1. The normalized spacial score (nSPS) is 9.95. The Balaban J connectivity index is 2.05. The number of rotatable bonds is 5. The highest BCUT2D eigenvalue weighted by molar-refractivity contribution is 5.73. The molecule has 0 aliphatic carbocycles. The third kappa shape index (κ3) is 4.14. The summed E-state index contributed by atoms with van der Waals surface area (Å²) in [6, 6.07) is 17.3. The van der Waals surface area contributed by atoms with Gasteiger partial charge < -0.3 is 10.1 Å². The van der Waals surface area contributed by atoms with E-state index < -0.39 is 0 Å². The topological polar surface area (TPSA) is 38.3 Å². The molecular weight excluding hydrogens is 238 g/mol. The first-order chi connectivity index (χ1) is 9.28. The summed E-state index contributed by atoms with van der Waals surface area (Å²) in [6.45, 7) is 1.95. The van der Waals surface area contributed by atoms with E-state index in [1.165, 1.54) is 0 Å². The molecule has 1 N–H and O–H groups in total. The van der Waals surface area contributed by atoms with E-state index in [1.807, 2.05) is 55.5 Å². The SMILES string of the molecule is CCCC(=O)Oc1cccc(Nc2ccccc2)c1. The molecule has 2 aromatic rings. The number of hydrogen-bond acceptors (Lipinski definition) is 3. The Bertz CT molecular complexity index is 537. The summed E-state index contributed by atoms with van der Waals surface area (Å²) in [7, 11) is 0. The average molecular weight is 255 g/mol. The fraction of sp³-hybridized carbons (Fsp3) is 0.188. The standard InChI is InChI=1S/C16H17NO2/c1-2-7-16(18)19-15-11-6-10-14(12-15)17-13-8-4-3-5-9-13/h3-6,8-12,17H,2,7H2,1H3. The highest BCUT2D eigenvalue weighted by Gasteiger charge is 2.04. The molecule has 0 aliphatic heterocycles. The van der Waals surface area contributed by atoms with Crippen molar-refractivity contribution in [1.29, 1.82) is 0 Å². The lowest BCUT2D eigenvalue weighted by Gasteiger charge is -2.08. The first-order valence-electron chi connectivity index (χ1n) is 6.41. The third-order valence-corrected chi connectivity index (χ3v) is 2.58. The molecule has 0 amide bonds. The van der Waals surface area contributed by atoms with Crippen molar-refractivity contribution in [3.8, 4) is 5.75 Å². The molecule has 3 heteroatoms. The molecule has 0 spiro atoms. The second-order valence-corrected chi connectivity index (χ2v) is 4.24. The van der Waals surface area contributed by atoms with Crippen molar-refractivity contribution < 1.29 is 9.53 Å². The van der Waals surface area contributed by atoms with Gasteiger partial charge in [-0.2, -0.15) is 0 Å². The molecule has 0 bridgehead atoms. The molecule has 0 aromatic heterocycles. The number of carbonyl (C=O) groups is 1. The van der Waals surface area contributed by atoms with Crippen molar-refractivity contribution in [2.45, 2.75) is 19.8 Å². The summed E-state index contributed by atoms with van der Waals surface area (Å²) in [4.78, 5) is 11.4. The van der Waals surface area contributed by atoms with Crippen LogP contribution in [-0.4, -0.2) is 5.97 Å². The minimum atomic E-state index is -0.195. The van der Waals surface area contributed by atoms with Crippen molar-refractivity contribution in [3.63, 3.8) is 0 Å². The Morgan fingerprint density at radius 3 is 2.53 bits per heavy atom. The van der Waals surface area contributed by atoms with Gasteiger partial charge in [0.2, 0.25) is 0 Å². The maximum absolute atomic E-state index is 11.4. The van der Waals surface area contributed by atoms with E-state index >= 15 is 0 Å². The van der Waals surface area contributed by atoms with Gasteiger partial charge in [-0.3, -0.25) is 4.79 Å². The van der Waals surface area contributed by atoms with Gasteiger partial charge in [0.25, 0.3) is 0 Å². The number of anilines is 2. The van der Waals surface area contributed by atoms with Crippen LogP contribution in [0.3, 0.4) is 0 Å². The van der Waals surface area contributed by atoms with Crippen LogP contribution >= 0.6 is 0 Å². The van der Waals surface area contributed by atoms with E-state index in [2.05, 4.69) is 5.32 Å². The van der Waals surface area contributed by atoms with Gasteiger partial charge in [0.15, 0.2) is 0 Å². The van der Waals surface area contributed by atoms with Crippen molar-refractivity contribution >= 4 is 17.3 Å². The summed E-state index contributed by atoms with van der Waals surface area (Å²) in [5, 5.41) is 3.26. The van der Waals surface area contributed by atoms with Gasteiger partial charge >= 0.3 is 5.97 Å². The number of ether oxygens (including phenoxy) is 1. The van der Waals surface area contributed by atoms with Gasteiger partial charge in [-0.05, 0) is 30.7 Å². The smallest absolute Gasteiger partial charge is 0.311 e. The molecule has 2 rings (SSSR count). The number of esters is 1. The first-order valence-corrected chi connectivity index (χ1v) is 6.41. The van der Waals surface area contributed by atoms with Gasteiger partial charge in [-0.15, -0.1) is 0 Å². The van der Waals surface area contributed by atoms with E-state index in [0.29, 0.717) is 12.2 Å². The average Bonchev–Trinajstić information content (AvgIpc) is 2.40. The zero-order chi connectivity index (χ0) is 13.5. The quantitative estimate of drug-likeness (QED) is 0.644. The van der Waals surface area contributed by atoms with Crippen molar-refractivity contribution in [3.05, 3.63) is 54.6 Å². The Kier molecular flexibility index (Phi) is 4.56. The minimum Gasteiger partial charge on any atom is -0.426 e. The van der Waals surface area contributed by atoms with Crippen LogP contribution in [0.4, 0.5) is 11.4 Å². The molecule has 0 atom stereocenters. The number of para-hydroxylation sites is 1. The van der Waals surface area contributed by atoms with Gasteiger partial charge in [0, 0.05) is 23.9 Å². The van der Waals surface area contributed by atoms with E-state index in [9.17, 15) is 4.79 Å². The molecule has 2 aromatic carbocycles. The zero-order valence-electron chi connectivity index (χ0n) is 10.9. The lowest BCUT2D eigenvalue weighted by atomic mass is 10.2. The molecular formula is C16H17NO2. The Hall–Kier alpha value is -2.29. The second kappa shape index (κ2) is 6.59. The predicted octanol–water partition coefficient (Wildman–Crippen LogP) is 4.14. The van der Waals surface area contributed by atoms with Crippen molar-refractivity contribution in [2.75, 3.05) is 5.32 Å². The van der Waals surface area contributed by atoms with Crippen LogP contribution in [0.5, 0.6) is 5.75 Å². The maximum atomic E-state index is 11.4. The van der Waals surface area contributed by atoms with Crippen LogP contribution in [0, 0.1) is 0 Å². The van der Waals surface area contributed by atoms with Crippen LogP contribution in [0.25, 0.3) is 0 Å². The number of benzene rings is 2. The summed E-state index contributed by atoms with van der Waals surface area (Å²) in [6.07, 6.45) is 1.23. The van der Waals surface area contributed by atoms with Gasteiger partial charge in [0.05, 0.1) is 0 Å². The highest BCUT2D eigenvalue weighted by atomic mass is 16.5. The molecule has 0 saturated carbocycles. The van der Waals surface area contributed by atoms with E-state index in [1.54, 1.807) is 6.07 Å². The fourth-order valence-electron chi connectivity index (χ4n) is 1.71. The van der Waals surface area contributed by atoms with Crippen LogP contribution in [-0.2, 0) is 4.79 Å². The summed E-state index contributed by atoms with van der Waals surface area (Å²) >= 11 is 0. The van der Waals surface area contributed by atoms with Gasteiger partial charge in [-0.25, -0.2) is 0 Å². The van der Waals surface area contributed by atoms with Gasteiger partial charge in [-0.1, -0.05) is 31.2 Å². The monoisotopic (exact) mass is 255 g/mol. The lowest BCUT2D eigenvalue weighted by Crippen LogP contribution is -2.06. The largest absolute Gasteiger partial charge is 0.426 e. The predicted molar refractivity (Wildman–Crippen MR) is 76.7 cm³/mol. The highest BCUT2D eigenvalue weighted by Crippen LogP contribution is 2.21. The summed E-state index contributed by atoms with van der Waals surface area (Å²) < 4.78 is 5.25. The van der Waals surface area contributed by atoms with E-state index in [4.69, 9.17) is 4.74 Å². The Morgan fingerprint density at radius 2 is 1.79 bits per heavy atom. The molecule has 98 valence electrons. The minimum absolute atomic E-state index is 0.195. The lowest BCUT2D eigenvalue weighted by molar-refractivity contribution is -0.134. The first kappa shape index (κ1) is 13.1. The van der Waals surface area contributed by atoms with Crippen LogP contribution in [0.15, 0.2) is 54.6 Å². The molecule has 3 nitrogen and oxygen atoms in total. The van der Waals surface area contributed by atoms with E-state index in [0.717, 1.165) is 17.8 Å². The second-order valence-electron chi connectivity index (χ2n) is 4.24. The third-order valence-electron chi connectivity index (χ3n) is 2.58. The molecule has 0 radical (unpaired) electrons. The number of nitrogens with one attached hydrogen (secondary N) is 1. The van der Waals surface area contributed by atoms with Gasteiger partial charge in [0.1, 0.15) is 5.75 Å². The molecule has 0 heterocycles. The summed E-state index contributed by atoms with van der Waals surface area (Å²) in [5.74, 6) is 0.374. The van der Waals surface area contributed by atoms with Crippen LogP contribution < -0.4 is 10.1 Å². The molecule has 0 fully saturated rings. The van der Waals surface area contributed by atoms with Crippen LogP contribution in [0.1, 0.15) is 19.8 Å². The van der Waals surface area contributed by atoms with Crippen LogP contribution in [0.2, 0.25) is 0 Å². The Labute approximate surface area is 113 Å². The van der Waals surface area contributed by atoms with Crippen molar-refractivity contribution in [2.24, 2.45) is 0 Å². The maximum Gasteiger partial charge on any atom is 0.311 e. The molecule has 0 aliphatic rings. The number of hydrogen-bond donors (Lipinski definition) is 1. The molecule has 19 heavy (non-hydrogen) atoms. The zero-order valence-corrected chi connectivity index (χ0v) is 10.9. The molecule has 0 unspecified atom stereocenters. The fourth-order valence-corrected chi connectivity index (χ4v) is 1.71. The van der Waals surface area contributed by atoms with E-state index in [-0.39, 0.29) is 5.97 Å². The van der Waals surface area contributed by atoms with Crippen molar-refractivity contribution in [1.82, 2.24) is 0 Å². The Morgan fingerprint density at radius 1 is 1.05 bits per heavy atom.